The molecule has 2 rings (SSSR count). The third kappa shape index (κ3) is 10.2. The second-order valence-electron chi connectivity index (χ2n) is 7.70. The lowest BCUT2D eigenvalue weighted by Gasteiger charge is -2.21. The van der Waals surface area contributed by atoms with Gasteiger partial charge in [0, 0.05) is 24.8 Å². The van der Waals surface area contributed by atoms with Gasteiger partial charge in [-0.25, -0.2) is 0 Å². The Morgan fingerprint density at radius 1 is 1.29 bits per heavy atom. The Morgan fingerprint density at radius 2 is 1.91 bits per heavy atom. The molecule has 2 amide bonds. The van der Waals surface area contributed by atoms with Gasteiger partial charge in [0.1, 0.15) is 11.5 Å². The van der Waals surface area contributed by atoms with Crippen LogP contribution < -0.4 is 16.4 Å². The number of nitrogens with zero attached hydrogens (tertiary/aromatic N) is 1. The normalized spacial score (nSPS) is 17.6. The molecule has 1 saturated heterocycles. The number of nitrogens with one attached hydrogen (secondary N) is 2. The lowest BCUT2D eigenvalue weighted by atomic mass is 10.1. The van der Waals surface area contributed by atoms with E-state index in [1.165, 1.54) is 24.3 Å². The molecule has 10 heteroatoms. The molecule has 1 fully saturated rings. The van der Waals surface area contributed by atoms with Crippen LogP contribution in [0.2, 0.25) is 0 Å². The van der Waals surface area contributed by atoms with Crippen LogP contribution in [0.1, 0.15) is 53.8 Å². The Labute approximate surface area is 198 Å². The van der Waals surface area contributed by atoms with Gasteiger partial charge < -0.3 is 21.1 Å². The van der Waals surface area contributed by atoms with Crippen molar-refractivity contribution in [3.8, 4) is 0 Å². The SMILES string of the molecule is C=CC(=NC1CCCOC1)N/C(=C\C(C)CC)C(F)(F)F.CNC(=O)c1ccc(C(N)=O)cc1. The number of amides is 2. The smallest absolute Gasteiger partial charge is 0.379 e. The number of nitrogens with two attached hydrogens (primary N) is 1. The van der Waals surface area contributed by atoms with Gasteiger partial charge in [0.25, 0.3) is 5.91 Å². The van der Waals surface area contributed by atoms with E-state index in [-0.39, 0.29) is 23.7 Å². The topological polar surface area (TPSA) is 106 Å². The summed E-state index contributed by atoms with van der Waals surface area (Å²) in [5.74, 6) is -0.713. The molecule has 7 nitrogen and oxygen atoms in total. The van der Waals surface area contributed by atoms with E-state index in [4.69, 9.17) is 10.5 Å². The van der Waals surface area contributed by atoms with Gasteiger partial charge in [0.2, 0.25) is 5.91 Å². The summed E-state index contributed by atoms with van der Waals surface area (Å²) in [6, 6.07) is 6.04. The highest BCUT2D eigenvalue weighted by Gasteiger charge is 2.34. The van der Waals surface area contributed by atoms with E-state index in [1.807, 2.05) is 6.92 Å². The van der Waals surface area contributed by atoms with Crippen molar-refractivity contribution < 1.29 is 27.5 Å². The molecular weight excluding hydrogens is 449 g/mol. The number of amidine groups is 1. The van der Waals surface area contributed by atoms with Crippen LogP contribution in [0, 0.1) is 5.92 Å². The molecule has 0 spiro atoms. The predicted molar refractivity (Wildman–Crippen MR) is 127 cm³/mol. The van der Waals surface area contributed by atoms with Crippen LogP contribution in [0.15, 0.2) is 53.7 Å². The molecule has 4 N–H and O–H groups in total. The molecule has 0 radical (unpaired) electrons. The van der Waals surface area contributed by atoms with Crippen molar-refractivity contribution in [1.29, 1.82) is 0 Å². The molecule has 1 aromatic rings. The van der Waals surface area contributed by atoms with E-state index >= 15 is 0 Å². The molecule has 34 heavy (non-hydrogen) atoms. The Bertz CT molecular complexity index is 874. The van der Waals surface area contributed by atoms with E-state index in [0.717, 1.165) is 12.8 Å². The number of carbonyl (C=O) groups is 2. The first-order valence-electron chi connectivity index (χ1n) is 11.0. The summed E-state index contributed by atoms with van der Waals surface area (Å²) in [7, 11) is 1.55. The van der Waals surface area contributed by atoms with Gasteiger partial charge in [-0.3, -0.25) is 14.6 Å². The maximum absolute atomic E-state index is 13.0. The lowest BCUT2D eigenvalue weighted by molar-refractivity contribution is -0.0953. The Kier molecular flexibility index (Phi) is 12.1. The van der Waals surface area contributed by atoms with Gasteiger partial charge in [-0.1, -0.05) is 32.9 Å². The maximum Gasteiger partial charge on any atom is 0.430 e. The van der Waals surface area contributed by atoms with Crippen molar-refractivity contribution in [2.24, 2.45) is 16.6 Å². The van der Waals surface area contributed by atoms with Crippen molar-refractivity contribution in [2.75, 3.05) is 20.3 Å². The first-order valence-corrected chi connectivity index (χ1v) is 11.0. The lowest BCUT2D eigenvalue weighted by Crippen LogP contribution is -2.33. The van der Waals surface area contributed by atoms with Crippen LogP contribution in [0.25, 0.3) is 0 Å². The number of ether oxygens (including phenoxy) is 1. The molecule has 0 bridgehead atoms. The fourth-order valence-corrected chi connectivity index (χ4v) is 2.84. The van der Waals surface area contributed by atoms with Crippen molar-refractivity contribution in [1.82, 2.24) is 10.6 Å². The average molecular weight is 483 g/mol. The largest absolute Gasteiger partial charge is 0.430 e. The Morgan fingerprint density at radius 3 is 2.35 bits per heavy atom. The number of benzene rings is 1. The molecule has 2 atom stereocenters. The fraction of sp³-hybridized carbons (Fsp3) is 0.458. The number of carbonyl (C=O) groups excluding carboxylic acids is 2. The first kappa shape index (κ1) is 28.9. The van der Waals surface area contributed by atoms with E-state index in [2.05, 4.69) is 22.2 Å². The van der Waals surface area contributed by atoms with Crippen LogP contribution in [0.5, 0.6) is 0 Å². The molecule has 0 saturated carbocycles. The molecule has 1 aliphatic heterocycles. The second-order valence-corrected chi connectivity index (χ2v) is 7.70. The van der Waals surface area contributed by atoms with Crippen LogP contribution in [-0.2, 0) is 4.74 Å². The number of hydrogen-bond donors (Lipinski definition) is 3. The van der Waals surface area contributed by atoms with Gasteiger partial charge in [0.05, 0.1) is 12.6 Å². The predicted octanol–water partition coefficient (Wildman–Crippen LogP) is 3.98. The number of rotatable bonds is 7. The molecule has 0 aliphatic carbocycles. The summed E-state index contributed by atoms with van der Waals surface area (Å²) in [4.78, 5) is 26.0. The third-order valence-electron chi connectivity index (χ3n) is 4.97. The fourth-order valence-electron chi connectivity index (χ4n) is 2.84. The summed E-state index contributed by atoms with van der Waals surface area (Å²) in [6.07, 6.45) is 0.388. The minimum atomic E-state index is -4.43. The highest BCUT2D eigenvalue weighted by atomic mass is 19.4. The van der Waals surface area contributed by atoms with Gasteiger partial charge in [-0.2, -0.15) is 13.2 Å². The zero-order valence-electron chi connectivity index (χ0n) is 19.7. The summed E-state index contributed by atoms with van der Waals surface area (Å²) < 4.78 is 44.4. The van der Waals surface area contributed by atoms with Gasteiger partial charge in [0.15, 0.2) is 0 Å². The number of allylic oxidation sites excluding steroid dienone is 2. The summed E-state index contributed by atoms with van der Waals surface area (Å²) in [5.41, 5.74) is 5.15. The monoisotopic (exact) mass is 482 g/mol. The zero-order chi connectivity index (χ0) is 25.7. The first-order chi connectivity index (χ1) is 16.0. The van der Waals surface area contributed by atoms with Crippen molar-refractivity contribution in [3.05, 3.63) is 59.8 Å². The summed E-state index contributed by atoms with van der Waals surface area (Å²) >= 11 is 0. The van der Waals surface area contributed by atoms with Crippen LogP contribution in [-0.4, -0.2) is 50.1 Å². The average Bonchev–Trinajstić information content (AvgIpc) is 2.82. The molecule has 1 heterocycles. The standard InChI is InChI=1S/C15H23F3N2O.C9H10N2O2/c1-4-11(3)9-13(15(16,17)18)20-14(5-2)19-12-7-6-8-21-10-12;1-11-9(13)7-4-2-6(3-5-7)8(10)12/h5,9,11-12H,2,4,6-8,10H2,1,3H3,(H,19,20);2-5H,1H3,(H2,10,12)(H,11,13)/b13-9-;. The second kappa shape index (κ2) is 14.2. The molecule has 188 valence electrons. The quantitative estimate of drug-likeness (QED) is 0.404. The molecule has 2 unspecified atom stereocenters. The number of aliphatic imine (C=N–C) groups is 1. The number of alkyl halides is 3. The summed E-state index contributed by atoms with van der Waals surface area (Å²) in [6.45, 7) is 8.24. The molecule has 0 aromatic heterocycles. The van der Waals surface area contributed by atoms with Crippen LogP contribution in [0.4, 0.5) is 13.2 Å². The minimum absolute atomic E-state index is 0.114. The maximum atomic E-state index is 13.0. The highest BCUT2D eigenvalue weighted by Crippen LogP contribution is 2.25. The van der Waals surface area contributed by atoms with E-state index in [1.54, 1.807) is 26.1 Å². The molecular formula is C24H33F3N4O3. The van der Waals surface area contributed by atoms with Gasteiger partial charge in [-0.05, 0) is 49.1 Å². The minimum Gasteiger partial charge on any atom is -0.379 e. The van der Waals surface area contributed by atoms with E-state index < -0.39 is 17.8 Å². The third-order valence-corrected chi connectivity index (χ3v) is 4.97. The van der Waals surface area contributed by atoms with E-state index in [0.29, 0.717) is 30.8 Å². The number of halogens is 3. The summed E-state index contributed by atoms with van der Waals surface area (Å²) in [5, 5.41) is 4.84. The van der Waals surface area contributed by atoms with E-state index in [9.17, 15) is 22.8 Å². The molecule has 1 aromatic carbocycles. The van der Waals surface area contributed by atoms with Gasteiger partial charge in [-0.15, -0.1) is 0 Å². The van der Waals surface area contributed by atoms with Crippen LogP contribution >= 0.6 is 0 Å². The van der Waals surface area contributed by atoms with Crippen molar-refractivity contribution in [2.45, 2.75) is 45.3 Å². The van der Waals surface area contributed by atoms with Crippen LogP contribution in [0.3, 0.4) is 0 Å². The zero-order valence-corrected chi connectivity index (χ0v) is 19.7. The van der Waals surface area contributed by atoms with Crippen molar-refractivity contribution >= 4 is 17.6 Å². The molecule has 1 aliphatic rings. The Hall–Kier alpha value is -3.14. The van der Waals surface area contributed by atoms with Gasteiger partial charge >= 0.3 is 6.18 Å². The Balaban J connectivity index is 0.000000380. The number of primary amides is 1. The highest BCUT2D eigenvalue weighted by molar-refractivity contribution is 5.97. The number of hydrogen-bond acceptors (Lipinski definition) is 4. The van der Waals surface area contributed by atoms with Crippen molar-refractivity contribution in [3.63, 3.8) is 0 Å².